The molecule has 1 atom stereocenters. The van der Waals surface area contributed by atoms with Gasteiger partial charge in [-0.25, -0.2) is 0 Å². The zero-order valence-corrected chi connectivity index (χ0v) is 8.79. The van der Waals surface area contributed by atoms with Crippen molar-refractivity contribution in [3.8, 4) is 5.75 Å². The first kappa shape index (κ1) is 12.8. The zero-order chi connectivity index (χ0) is 12.2. The Morgan fingerprint density at radius 3 is 2.62 bits per heavy atom. The van der Waals surface area contributed by atoms with Gasteiger partial charge in [0.1, 0.15) is 5.75 Å². The summed E-state index contributed by atoms with van der Waals surface area (Å²) in [7, 11) is 0. The van der Waals surface area contributed by atoms with Crippen LogP contribution in [-0.4, -0.2) is 17.9 Å². The highest BCUT2D eigenvalue weighted by Gasteiger charge is 2.26. The molecule has 0 saturated heterocycles. The molecule has 0 saturated carbocycles. The van der Waals surface area contributed by atoms with Gasteiger partial charge in [-0.15, -0.1) is 0 Å². The number of rotatable bonds is 4. The van der Waals surface area contributed by atoms with Crippen LogP contribution in [0.25, 0.3) is 0 Å². The van der Waals surface area contributed by atoms with Crippen molar-refractivity contribution in [1.29, 1.82) is 0 Å². The molecule has 0 spiro atoms. The van der Waals surface area contributed by atoms with Crippen molar-refractivity contribution in [2.75, 3.05) is 6.61 Å². The molecule has 0 aliphatic carbocycles. The standard InChI is InChI=1S/C11H13F3O2/c1-8(15)9-3-2-4-10(7-9)16-6-5-11(12,13)14/h2-4,7-8,15H,5-6H2,1H3. The monoisotopic (exact) mass is 234 g/mol. The fourth-order valence-electron chi connectivity index (χ4n) is 1.15. The SMILES string of the molecule is CC(O)c1cccc(OCCC(F)(F)F)c1. The van der Waals surface area contributed by atoms with Crippen LogP contribution in [0.2, 0.25) is 0 Å². The van der Waals surface area contributed by atoms with Gasteiger partial charge in [0, 0.05) is 0 Å². The van der Waals surface area contributed by atoms with E-state index in [0.717, 1.165) is 0 Å². The Hall–Kier alpha value is -1.23. The summed E-state index contributed by atoms with van der Waals surface area (Å²) in [6, 6.07) is 6.40. The van der Waals surface area contributed by atoms with Crippen molar-refractivity contribution in [3.63, 3.8) is 0 Å². The maximum atomic E-state index is 11.8. The lowest BCUT2D eigenvalue weighted by atomic mass is 10.1. The lowest BCUT2D eigenvalue weighted by molar-refractivity contribution is -0.139. The molecular formula is C11H13F3O2. The molecule has 0 aromatic heterocycles. The summed E-state index contributed by atoms with van der Waals surface area (Å²) in [5, 5.41) is 9.27. The van der Waals surface area contributed by atoms with Crippen LogP contribution >= 0.6 is 0 Å². The van der Waals surface area contributed by atoms with E-state index < -0.39 is 25.3 Å². The van der Waals surface area contributed by atoms with E-state index in [-0.39, 0.29) is 0 Å². The zero-order valence-electron chi connectivity index (χ0n) is 8.79. The minimum absolute atomic E-state index is 0.336. The number of halogens is 3. The molecule has 0 heterocycles. The molecule has 2 nitrogen and oxygen atoms in total. The summed E-state index contributed by atoms with van der Waals surface area (Å²) in [4.78, 5) is 0. The molecule has 90 valence electrons. The van der Waals surface area contributed by atoms with E-state index in [1.165, 1.54) is 6.07 Å². The smallest absolute Gasteiger partial charge is 0.392 e. The lowest BCUT2D eigenvalue weighted by Crippen LogP contribution is -2.13. The molecule has 5 heteroatoms. The number of ether oxygens (including phenoxy) is 1. The topological polar surface area (TPSA) is 29.5 Å². The Labute approximate surface area is 91.7 Å². The number of aliphatic hydroxyl groups is 1. The van der Waals surface area contributed by atoms with E-state index in [9.17, 15) is 18.3 Å². The van der Waals surface area contributed by atoms with Crippen molar-refractivity contribution in [1.82, 2.24) is 0 Å². The predicted octanol–water partition coefficient (Wildman–Crippen LogP) is 3.07. The number of hydrogen-bond donors (Lipinski definition) is 1. The average molecular weight is 234 g/mol. The number of benzene rings is 1. The van der Waals surface area contributed by atoms with Crippen LogP contribution in [0.5, 0.6) is 5.75 Å². The molecule has 0 aliphatic rings. The molecular weight excluding hydrogens is 221 g/mol. The Balaban J connectivity index is 2.51. The van der Waals surface area contributed by atoms with Crippen molar-refractivity contribution in [2.45, 2.75) is 25.6 Å². The fourth-order valence-corrected chi connectivity index (χ4v) is 1.15. The van der Waals surface area contributed by atoms with Gasteiger partial charge in [-0.2, -0.15) is 13.2 Å². The highest BCUT2D eigenvalue weighted by atomic mass is 19.4. The first-order valence-corrected chi connectivity index (χ1v) is 4.86. The Bertz CT molecular complexity index is 334. The summed E-state index contributed by atoms with van der Waals surface area (Å²) in [5.74, 6) is 0.336. The summed E-state index contributed by atoms with van der Waals surface area (Å²) in [6.07, 6.45) is -5.85. The molecule has 0 fully saturated rings. The van der Waals surface area contributed by atoms with Crippen LogP contribution in [0.4, 0.5) is 13.2 Å². The molecule has 1 unspecified atom stereocenters. The van der Waals surface area contributed by atoms with Crippen molar-refractivity contribution in [2.24, 2.45) is 0 Å². The molecule has 0 aliphatic heterocycles. The summed E-state index contributed by atoms with van der Waals surface area (Å²) >= 11 is 0. The van der Waals surface area contributed by atoms with E-state index in [0.29, 0.717) is 11.3 Å². The van der Waals surface area contributed by atoms with Gasteiger partial charge in [0.2, 0.25) is 0 Å². The molecule has 1 aromatic rings. The van der Waals surface area contributed by atoms with Gasteiger partial charge >= 0.3 is 6.18 Å². The third-order valence-corrected chi connectivity index (χ3v) is 1.99. The normalized spacial score (nSPS) is 13.6. The lowest BCUT2D eigenvalue weighted by Gasteiger charge is -2.10. The van der Waals surface area contributed by atoms with E-state index in [4.69, 9.17) is 4.74 Å². The number of alkyl halides is 3. The minimum Gasteiger partial charge on any atom is -0.493 e. The summed E-state index contributed by atoms with van der Waals surface area (Å²) in [5.41, 5.74) is 0.615. The highest BCUT2D eigenvalue weighted by molar-refractivity contribution is 5.29. The van der Waals surface area contributed by atoms with E-state index >= 15 is 0 Å². The summed E-state index contributed by atoms with van der Waals surface area (Å²) in [6.45, 7) is 1.17. The number of hydrogen-bond acceptors (Lipinski definition) is 2. The second-order valence-corrected chi connectivity index (χ2v) is 3.46. The molecule has 1 rings (SSSR count). The van der Waals surface area contributed by atoms with Crippen LogP contribution in [-0.2, 0) is 0 Å². The second-order valence-electron chi connectivity index (χ2n) is 3.46. The molecule has 0 radical (unpaired) electrons. The van der Waals surface area contributed by atoms with Crippen LogP contribution in [0.3, 0.4) is 0 Å². The van der Waals surface area contributed by atoms with Crippen molar-refractivity contribution < 1.29 is 23.0 Å². The van der Waals surface area contributed by atoms with Gasteiger partial charge in [0.25, 0.3) is 0 Å². The predicted molar refractivity (Wildman–Crippen MR) is 53.2 cm³/mol. The maximum absolute atomic E-state index is 11.8. The third kappa shape index (κ3) is 4.53. The Morgan fingerprint density at radius 2 is 2.06 bits per heavy atom. The molecule has 0 bridgehead atoms. The molecule has 1 N–H and O–H groups in total. The Morgan fingerprint density at radius 1 is 1.38 bits per heavy atom. The highest BCUT2D eigenvalue weighted by Crippen LogP contribution is 2.22. The molecule has 1 aromatic carbocycles. The Kier molecular flexibility index (Phi) is 4.18. The number of aliphatic hydroxyl groups excluding tert-OH is 1. The van der Waals surface area contributed by atoms with Crippen LogP contribution in [0.15, 0.2) is 24.3 Å². The van der Waals surface area contributed by atoms with E-state index in [2.05, 4.69) is 0 Å². The van der Waals surface area contributed by atoms with Gasteiger partial charge < -0.3 is 9.84 Å². The van der Waals surface area contributed by atoms with Crippen molar-refractivity contribution >= 4 is 0 Å². The van der Waals surface area contributed by atoms with E-state index in [1.807, 2.05) is 0 Å². The molecule has 16 heavy (non-hydrogen) atoms. The van der Waals surface area contributed by atoms with Crippen molar-refractivity contribution in [3.05, 3.63) is 29.8 Å². The fraction of sp³-hybridized carbons (Fsp3) is 0.455. The summed E-state index contributed by atoms with van der Waals surface area (Å²) < 4.78 is 40.5. The third-order valence-electron chi connectivity index (χ3n) is 1.99. The molecule has 0 amide bonds. The van der Waals surface area contributed by atoms with E-state index in [1.54, 1.807) is 25.1 Å². The second kappa shape index (κ2) is 5.21. The van der Waals surface area contributed by atoms with Gasteiger partial charge in [-0.05, 0) is 24.6 Å². The maximum Gasteiger partial charge on any atom is 0.392 e. The van der Waals surface area contributed by atoms with Gasteiger partial charge in [-0.3, -0.25) is 0 Å². The van der Waals surface area contributed by atoms with Gasteiger partial charge in [-0.1, -0.05) is 12.1 Å². The first-order chi connectivity index (χ1) is 7.38. The quantitative estimate of drug-likeness (QED) is 0.867. The van der Waals surface area contributed by atoms with Crippen LogP contribution in [0.1, 0.15) is 25.0 Å². The van der Waals surface area contributed by atoms with Crippen LogP contribution < -0.4 is 4.74 Å². The minimum atomic E-state index is -4.21. The van der Waals surface area contributed by atoms with Gasteiger partial charge in [0.15, 0.2) is 0 Å². The van der Waals surface area contributed by atoms with Crippen LogP contribution in [0, 0.1) is 0 Å². The first-order valence-electron chi connectivity index (χ1n) is 4.86. The largest absolute Gasteiger partial charge is 0.493 e. The average Bonchev–Trinajstić information content (AvgIpc) is 2.16. The van der Waals surface area contributed by atoms with Gasteiger partial charge in [0.05, 0.1) is 19.1 Å².